The first-order valence-corrected chi connectivity index (χ1v) is 6.39. The van der Waals surface area contributed by atoms with Crippen LogP contribution in [0.15, 0.2) is 16.6 Å². The molecule has 16 heavy (non-hydrogen) atoms. The molecule has 4 heteroatoms. The normalized spacial score (nSPS) is 20.8. The van der Waals surface area contributed by atoms with Gasteiger partial charge in [0.15, 0.2) is 0 Å². The van der Waals surface area contributed by atoms with Gasteiger partial charge >= 0.3 is 0 Å². The van der Waals surface area contributed by atoms with Gasteiger partial charge in [0.25, 0.3) is 0 Å². The molecule has 0 radical (unpaired) electrons. The van der Waals surface area contributed by atoms with Crippen molar-refractivity contribution in [1.82, 2.24) is 5.32 Å². The number of benzene rings is 1. The topological polar surface area (TPSA) is 24.1 Å². The first kappa shape index (κ1) is 11.9. The van der Waals surface area contributed by atoms with Crippen LogP contribution in [0.5, 0.6) is 0 Å². The lowest BCUT2D eigenvalue weighted by molar-refractivity contribution is 0.479. The summed E-state index contributed by atoms with van der Waals surface area (Å²) in [6, 6.07) is 3.79. The van der Waals surface area contributed by atoms with Crippen LogP contribution in [0.4, 0.5) is 10.1 Å². The summed E-state index contributed by atoms with van der Waals surface area (Å²) in [5, 5.41) is 6.73. The van der Waals surface area contributed by atoms with Gasteiger partial charge in [0.05, 0.1) is 4.47 Å². The SMILES string of the molecule is Cc1cc(Br)c(F)cc1NC1CCCNC1. The Morgan fingerprint density at radius 1 is 1.50 bits per heavy atom. The third kappa shape index (κ3) is 2.74. The molecule has 0 spiro atoms. The maximum absolute atomic E-state index is 13.4. The molecule has 0 aromatic heterocycles. The Kier molecular flexibility index (Phi) is 3.82. The highest BCUT2D eigenvalue weighted by atomic mass is 79.9. The number of nitrogens with one attached hydrogen (secondary N) is 2. The molecule has 0 aliphatic carbocycles. The van der Waals surface area contributed by atoms with Crippen LogP contribution >= 0.6 is 15.9 Å². The molecule has 2 N–H and O–H groups in total. The number of rotatable bonds is 2. The molecule has 2 nitrogen and oxygen atoms in total. The van der Waals surface area contributed by atoms with Crippen molar-refractivity contribution in [2.45, 2.75) is 25.8 Å². The van der Waals surface area contributed by atoms with Crippen molar-refractivity contribution in [2.24, 2.45) is 0 Å². The lowest BCUT2D eigenvalue weighted by atomic mass is 10.1. The standard InChI is InChI=1S/C12H16BrFN2/c1-8-5-10(13)11(14)6-12(8)16-9-3-2-4-15-7-9/h5-6,9,15-16H,2-4,7H2,1H3. The largest absolute Gasteiger partial charge is 0.381 e. The lowest BCUT2D eigenvalue weighted by Gasteiger charge is -2.25. The van der Waals surface area contributed by atoms with Crippen LogP contribution in [0.1, 0.15) is 18.4 Å². The zero-order valence-electron chi connectivity index (χ0n) is 9.32. The Morgan fingerprint density at radius 2 is 2.31 bits per heavy atom. The second-order valence-electron chi connectivity index (χ2n) is 4.27. The van der Waals surface area contributed by atoms with Crippen LogP contribution in [0.25, 0.3) is 0 Å². The molecule has 1 atom stereocenters. The molecule has 1 aliphatic heterocycles. The van der Waals surface area contributed by atoms with Gasteiger partial charge in [-0.25, -0.2) is 4.39 Å². The Balaban J connectivity index is 2.11. The average molecular weight is 287 g/mol. The molecule has 1 aliphatic rings. The fourth-order valence-corrected chi connectivity index (χ4v) is 2.45. The summed E-state index contributed by atoms with van der Waals surface area (Å²) in [5.74, 6) is -0.211. The van der Waals surface area contributed by atoms with Crippen molar-refractivity contribution in [3.05, 3.63) is 28.0 Å². The van der Waals surface area contributed by atoms with Gasteiger partial charge in [-0.05, 0) is 59.9 Å². The van der Waals surface area contributed by atoms with Crippen LogP contribution in [0.2, 0.25) is 0 Å². The zero-order chi connectivity index (χ0) is 11.5. The van der Waals surface area contributed by atoms with Gasteiger partial charge < -0.3 is 10.6 Å². The highest BCUT2D eigenvalue weighted by molar-refractivity contribution is 9.10. The van der Waals surface area contributed by atoms with E-state index in [9.17, 15) is 4.39 Å². The van der Waals surface area contributed by atoms with E-state index in [0.29, 0.717) is 10.5 Å². The number of hydrogen-bond acceptors (Lipinski definition) is 2. The number of aryl methyl sites for hydroxylation is 1. The third-order valence-corrected chi connectivity index (χ3v) is 3.53. The van der Waals surface area contributed by atoms with Crippen molar-refractivity contribution in [3.63, 3.8) is 0 Å². The first-order chi connectivity index (χ1) is 7.66. The fourth-order valence-electron chi connectivity index (χ4n) is 2.00. The van der Waals surface area contributed by atoms with Crippen molar-refractivity contribution in [3.8, 4) is 0 Å². The molecule has 1 aromatic carbocycles. The van der Waals surface area contributed by atoms with Crippen molar-refractivity contribution >= 4 is 21.6 Å². The molecule has 2 rings (SSSR count). The summed E-state index contributed by atoms with van der Waals surface area (Å²) in [5.41, 5.74) is 1.97. The average Bonchev–Trinajstić information content (AvgIpc) is 2.27. The lowest BCUT2D eigenvalue weighted by Crippen LogP contribution is -2.38. The third-order valence-electron chi connectivity index (χ3n) is 2.92. The second-order valence-corrected chi connectivity index (χ2v) is 5.12. The maximum atomic E-state index is 13.4. The van der Waals surface area contributed by atoms with Crippen molar-refractivity contribution < 1.29 is 4.39 Å². The van der Waals surface area contributed by atoms with Gasteiger partial charge in [-0.1, -0.05) is 0 Å². The first-order valence-electron chi connectivity index (χ1n) is 5.59. The van der Waals surface area contributed by atoms with E-state index < -0.39 is 0 Å². The van der Waals surface area contributed by atoms with Crippen LogP contribution in [-0.4, -0.2) is 19.1 Å². The minimum Gasteiger partial charge on any atom is -0.381 e. The minimum absolute atomic E-state index is 0.211. The molecular formula is C12H16BrFN2. The fraction of sp³-hybridized carbons (Fsp3) is 0.500. The van der Waals surface area contributed by atoms with Crippen molar-refractivity contribution in [1.29, 1.82) is 0 Å². The number of piperidine rings is 1. The van der Waals surface area contributed by atoms with Gasteiger partial charge in [0.1, 0.15) is 5.82 Å². The van der Waals surface area contributed by atoms with Crippen LogP contribution < -0.4 is 10.6 Å². The van der Waals surface area contributed by atoms with Gasteiger partial charge in [0, 0.05) is 18.3 Å². The van der Waals surface area contributed by atoms with E-state index in [2.05, 4.69) is 26.6 Å². The highest BCUT2D eigenvalue weighted by Crippen LogP contribution is 2.25. The quantitative estimate of drug-likeness (QED) is 0.873. The van der Waals surface area contributed by atoms with E-state index in [4.69, 9.17) is 0 Å². The molecule has 1 fully saturated rings. The summed E-state index contributed by atoms with van der Waals surface area (Å²) >= 11 is 3.19. The maximum Gasteiger partial charge on any atom is 0.139 e. The Labute approximate surface area is 104 Å². The molecular weight excluding hydrogens is 271 g/mol. The summed E-state index contributed by atoms with van der Waals surface area (Å²) < 4.78 is 13.9. The molecule has 0 amide bonds. The van der Waals surface area contributed by atoms with E-state index in [1.54, 1.807) is 6.07 Å². The molecule has 1 saturated heterocycles. The zero-order valence-corrected chi connectivity index (χ0v) is 10.9. The van der Waals surface area contributed by atoms with Crippen LogP contribution in [-0.2, 0) is 0 Å². The number of hydrogen-bond donors (Lipinski definition) is 2. The number of halogens is 2. The monoisotopic (exact) mass is 286 g/mol. The Bertz CT molecular complexity index is 376. The van der Waals surface area contributed by atoms with Crippen LogP contribution in [0.3, 0.4) is 0 Å². The molecule has 0 bridgehead atoms. The highest BCUT2D eigenvalue weighted by Gasteiger charge is 2.14. The van der Waals surface area contributed by atoms with E-state index in [1.807, 2.05) is 13.0 Å². The molecule has 88 valence electrons. The molecule has 1 unspecified atom stereocenters. The molecule has 1 heterocycles. The van der Waals surface area contributed by atoms with Gasteiger partial charge in [0.2, 0.25) is 0 Å². The summed E-state index contributed by atoms with van der Waals surface area (Å²) in [6.45, 7) is 4.03. The van der Waals surface area contributed by atoms with E-state index in [1.165, 1.54) is 6.42 Å². The minimum atomic E-state index is -0.211. The van der Waals surface area contributed by atoms with E-state index in [-0.39, 0.29) is 5.82 Å². The smallest absolute Gasteiger partial charge is 0.139 e. The molecule has 1 aromatic rings. The summed E-state index contributed by atoms with van der Waals surface area (Å²) in [4.78, 5) is 0. The van der Waals surface area contributed by atoms with E-state index in [0.717, 1.165) is 30.8 Å². The second kappa shape index (κ2) is 5.15. The van der Waals surface area contributed by atoms with E-state index >= 15 is 0 Å². The summed E-state index contributed by atoms with van der Waals surface area (Å²) in [7, 11) is 0. The van der Waals surface area contributed by atoms with Gasteiger partial charge in [-0.2, -0.15) is 0 Å². The molecule has 0 saturated carbocycles. The predicted molar refractivity (Wildman–Crippen MR) is 68.4 cm³/mol. The summed E-state index contributed by atoms with van der Waals surface area (Å²) in [6.07, 6.45) is 2.32. The van der Waals surface area contributed by atoms with Crippen LogP contribution in [0, 0.1) is 12.7 Å². The Hall–Kier alpha value is -0.610. The van der Waals surface area contributed by atoms with Gasteiger partial charge in [-0.15, -0.1) is 0 Å². The van der Waals surface area contributed by atoms with Crippen molar-refractivity contribution in [2.75, 3.05) is 18.4 Å². The van der Waals surface area contributed by atoms with Gasteiger partial charge in [-0.3, -0.25) is 0 Å². The Morgan fingerprint density at radius 3 is 3.00 bits per heavy atom. The predicted octanol–water partition coefficient (Wildman–Crippen LogP) is 3.06. The number of anilines is 1.